The Labute approximate surface area is 150 Å². The molecule has 0 atom stereocenters. The lowest BCUT2D eigenvalue weighted by molar-refractivity contribution is -0.112. The van der Waals surface area contributed by atoms with Gasteiger partial charge in [0.1, 0.15) is 29.7 Å². The van der Waals surface area contributed by atoms with Crippen LogP contribution in [-0.2, 0) is 4.79 Å². The van der Waals surface area contributed by atoms with Crippen molar-refractivity contribution in [3.8, 4) is 17.6 Å². The summed E-state index contributed by atoms with van der Waals surface area (Å²) in [7, 11) is 0. The van der Waals surface area contributed by atoms with Crippen LogP contribution in [0.4, 0.5) is 5.69 Å². The summed E-state index contributed by atoms with van der Waals surface area (Å²) < 4.78 is 5.51. The summed E-state index contributed by atoms with van der Waals surface area (Å²) in [5.41, 5.74) is 0.851. The molecule has 0 bridgehead atoms. The van der Waals surface area contributed by atoms with E-state index in [1.54, 1.807) is 24.3 Å². The number of anilines is 1. The first-order valence-corrected chi connectivity index (χ1v) is 7.66. The molecule has 6 heteroatoms. The van der Waals surface area contributed by atoms with Crippen molar-refractivity contribution in [3.63, 3.8) is 0 Å². The van der Waals surface area contributed by atoms with Gasteiger partial charge in [-0.25, -0.2) is 0 Å². The van der Waals surface area contributed by atoms with Gasteiger partial charge in [0.15, 0.2) is 0 Å². The average molecular weight is 355 g/mol. The van der Waals surface area contributed by atoms with Gasteiger partial charge in [-0.15, -0.1) is 0 Å². The first-order valence-electron chi connectivity index (χ1n) is 7.29. The molecule has 2 aromatic rings. The largest absolute Gasteiger partial charge is 0.508 e. The highest BCUT2D eigenvalue weighted by Gasteiger charge is 2.12. The van der Waals surface area contributed by atoms with Crippen LogP contribution in [0.5, 0.6) is 11.5 Å². The normalized spacial score (nSPS) is 10.6. The highest BCUT2D eigenvalue weighted by Crippen LogP contribution is 2.26. The van der Waals surface area contributed by atoms with E-state index in [0.717, 1.165) is 0 Å². The van der Waals surface area contributed by atoms with Crippen LogP contribution < -0.4 is 10.1 Å². The Balaban J connectivity index is 2.28. The maximum Gasteiger partial charge on any atom is 0.266 e. The number of nitriles is 1. The summed E-state index contributed by atoms with van der Waals surface area (Å²) in [4.78, 5) is 12.3. The van der Waals surface area contributed by atoms with Crippen LogP contribution in [0.1, 0.15) is 5.56 Å². The van der Waals surface area contributed by atoms with Gasteiger partial charge >= 0.3 is 0 Å². The van der Waals surface area contributed by atoms with Crippen molar-refractivity contribution in [2.45, 2.75) is 0 Å². The van der Waals surface area contributed by atoms with Crippen LogP contribution in [0.25, 0.3) is 6.08 Å². The van der Waals surface area contributed by atoms with Gasteiger partial charge in [0.2, 0.25) is 0 Å². The molecule has 25 heavy (non-hydrogen) atoms. The number of amides is 1. The van der Waals surface area contributed by atoms with Gasteiger partial charge in [-0.2, -0.15) is 5.26 Å². The molecule has 126 valence electrons. The number of benzene rings is 2. The van der Waals surface area contributed by atoms with Gasteiger partial charge in [0.05, 0.1) is 0 Å². The minimum absolute atomic E-state index is 0.0805. The fourth-order valence-electron chi connectivity index (χ4n) is 1.96. The van der Waals surface area contributed by atoms with Crippen molar-refractivity contribution in [1.82, 2.24) is 0 Å². The van der Waals surface area contributed by atoms with E-state index in [1.165, 1.54) is 30.3 Å². The summed E-state index contributed by atoms with van der Waals surface area (Å²) in [5, 5.41) is 21.6. The Bertz CT molecular complexity index is 852. The number of ether oxygens (including phenoxy) is 1. The lowest BCUT2D eigenvalue weighted by atomic mass is 10.1. The molecule has 2 rings (SSSR count). The van der Waals surface area contributed by atoms with Crippen molar-refractivity contribution in [2.75, 3.05) is 11.9 Å². The molecule has 0 fully saturated rings. The molecule has 0 saturated carbocycles. The number of aromatic hydroxyl groups is 1. The van der Waals surface area contributed by atoms with Crippen LogP contribution in [0.15, 0.2) is 60.7 Å². The van der Waals surface area contributed by atoms with Gasteiger partial charge in [0.25, 0.3) is 5.91 Å². The second-order valence-corrected chi connectivity index (χ2v) is 5.39. The Kier molecular flexibility index (Phi) is 6.21. The number of hydrogen-bond donors (Lipinski definition) is 2. The highest BCUT2D eigenvalue weighted by atomic mass is 35.5. The van der Waals surface area contributed by atoms with E-state index in [1.807, 2.05) is 6.07 Å². The number of phenols is 1. The van der Waals surface area contributed by atoms with Gasteiger partial charge in [0, 0.05) is 16.3 Å². The monoisotopic (exact) mass is 354 g/mol. The van der Waals surface area contributed by atoms with Crippen LogP contribution in [0, 0.1) is 11.3 Å². The molecule has 5 nitrogen and oxygen atoms in total. The van der Waals surface area contributed by atoms with Crippen molar-refractivity contribution >= 4 is 29.3 Å². The van der Waals surface area contributed by atoms with Gasteiger partial charge < -0.3 is 15.2 Å². The van der Waals surface area contributed by atoms with Gasteiger partial charge in [-0.3, -0.25) is 4.79 Å². The standard InChI is InChI=1S/C19H15ClN2O3/c1-2-9-25-18-8-3-15(20)11-13(18)10-14(12-21)19(24)22-16-4-6-17(23)7-5-16/h2-8,10-11,23H,1,9H2,(H,22,24)/b14-10+. The Morgan fingerprint density at radius 1 is 1.32 bits per heavy atom. The van der Waals surface area contributed by atoms with Crippen molar-refractivity contribution in [3.05, 3.63) is 71.3 Å². The Morgan fingerprint density at radius 3 is 2.68 bits per heavy atom. The van der Waals surface area contributed by atoms with Crippen LogP contribution in [0.3, 0.4) is 0 Å². The van der Waals surface area contributed by atoms with Crippen molar-refractivity contribution in [2.24, 2.45) is 0 Å². The zero-order valence-corrected chi connectivity index (χ0v) is 14.0. The van der Waals surface area contributed by atoms with Gasteiger partial charge in [-0.1, -0.05) is 24.3 Å². The number of nitrogens with zero attached hydrogens (tertiary/aromatic N) is 1. The van der Waals surface area contributed by atoms with Crippen LogP contribution >= 0.6 is 11.6 Å². The third-order valence-corrected chi connectivity index (χ3v) is 3.35. The first-order chi connectivity index (χ1) is 12.0. The number of phenolic OH excluding ortho intramolecular Hbond substituents is 1. The third-order valence-electron chi connectivity index (χ3n) is 3.12. The summed E-state index contributed by atoms with van der Waals surface area (Å²) in [5.74, 6) is -0.0192. The molecule has 0 aliphatic carbocycles. The number of rotatable bonds is 6. The minimum Gasteiger partial charge on any atom is -0.508 e. The molecule has 0 aliphatic rings. The summed E-state index contributed by atoms with van der Waals surface area (Å²) >= 11 is 5.99. The number of hydrogen-bond acceptors (Lipinski definition) is 4. The molecule has 1 amide bonds. The fourth-order valence-corrected chi connectivity index (χ4v) is 2.14. The second kappa shape index (κ2) is 8.57. The average Bonchev–Trinajstić information content (AvgIpc) is 2.60. The Morgan fingerprint density at radius 2 is 2.04 bits per heavy atom. The van der Waals surface area contributed by atoms with Gasteiger partial charge in [-0.05, 0) is 48.5 Å². The van der Waals surface area contributed by atoms with Crippen molar-refractivity contribution < 1.29 is 14.6 Å². The molecule has 0 radical (unpaired) electrons. The van der Waals surface area contributed by atoms with Crippen LogP contribution in [0.2, 0.25) is 5.02 Å². The molecular formula is C19H15ClN2O3. The molecule has 0 heterocycles. The number of halogens is 1. The predicted molar refractivity (Wildman–Crippen MR) is 97.5 cm³/mol. The first kappa shape index (κ1) is 18.1. The lowest BCUT2D eigenvalue weighted by Crippen LogP contribution is -2.13. The van der Waals surface area contributed by atoms with E-state index in [4.69, 9.17) is 16.3 Å². The summed E-state index contributed by atoms with van der Waals surface area (Å²) in [6.45, 7) is 3.86. The maximum absolute atomic E-state index is 12.3. The predicted octanol–water partition coefficient (Wildman–Crippen LogP) is 4.16. The summed E-state index contributed by atoms with van der Waals surface area (Å²) in [6, 6.07) is 12.7. The molecule has 0 aromatic heterocycles. The zero-order chi connectivity index (χ0) is 18.2. The van der Waals surface area contributed by atoms with Crippen LogP contribution in [-0.4, -0.2) is 17.6 Å². The van der Waals surface area contributed by atoms with E-state index >= 15 is 0 Å². The molecule has 0 aliphatic heterocycles. The molecule has 2 N–H and O–H groups in total. The second-order valence-electron chi connectivity index (χ2n) is 4.95. The molecule has 2 aromatic carbocycles. The third kappa shape index (κ3) is 5.13. The lowest BCUT2D eigenvalue weighted by Gasteiger charge is -2.09. The fraction of sp³-hybridized carbons (Fsp3) is 0.0526. The highest BCUT2D eigenvalue weighted by molar-refractivity contribution is 6.30. The zero-order valence-electron chi connectivity index (χ0n) is 13.2. The van der Waals surface area contributed by atoms with E-state index in [0.29, 0.717) is 22.0 Å². The topological polar surface area (TPSA) is 82.3 Å². The quantitative estimate of drug-likeness (QED) is 0.353. The minimum atomic E-state index is -0.581. The Hall–Kier alpha value is -3.23. The van der Waals surface area contributed by atoms with Crippen molar-refractivity contribution in [1.29, 1.82) is 5.26 Å². The molecule has 0 spiro atoms. The molecule has 0 saturated heterocycles. The SMILES string of the molecule is C=CCOc1ccc(Cl)cc1/C=C(\C#N)C(=O)Nc1ccc(O)cc1. The number of carbonyl (C=O) groups is 1. The molecular weight excluding hydrogens is 340 g/mol. The van der Waals surface area contributed by atoms with E-state index in [9.17, 15) is 15.2 Å². The van der Waals surface area contributed by atoms with E-state index in [2.05, 4.69) is 11.9 Å². The number of nitrogens with one attached hydrogen (secondary N) is 1. The van der Waals surface area contributed by atoms with E-state index < -0.39 is 5.91 Å². The molecule has 0 unspecified atom stereocenters. The van der Waals surface area contributed by atoms with E-state index in [-0.39, 0.29) is 17.9 Å². The maximum atomic E-state index is 12.3. The number of carbonyl (C=O) groups excluding carboxylic acids is 1. The smallest absolute Gasteiger partial charge is 0.266 e. The summed E-state index contributed by atoms with van der Waals surface area (Å²) in [6.07, 6.45) is 2.99.